The van der Waals surface area contributed by atoms with Crippen molar-refractivity contribution in [3.05, 3.63) is 59.7 Å². The van der Waals surface area contributed by atoms with Crippen LogP contribution in [0.15, 0.2) is 48.5 Å². The number of aryl methyl sites for hydroxylation is 2. The third-order valence-corrected chi connectivity index (χ3v) is 8.18. The predicted molar refractivity (Wildman–Crippen MR) is 146 cm³/mol. The Morgan fingerprint density at radius 2 is 1.78 bits per heavy atom. The quantitative estimate of drug-likeness (QED) is 0.554. The number of carbonyl (C=O) groups excluding carboxylic acids is 2. The molecule has 1 spiro atoms. The highest BCUT2D eigenvalue weighted by atomic mass is 16.5. The number of methoxy groups -OCH3 is 1. The van der Waals surface area contributed by atoms with Crippen molar-refractivity contribution in [1.29, 1.82) is 0 Å². The van der Waals surface area contributed by atoms with E-state index < -0.39 is 6.10 Å². The number of piperidine rings is 1. The van der Waals surface area contributed by atoms with E-state index in [0.717, 1.165) is 88.1 Å². The molecule has 2 aliphatic rings. The first-order chi connectivity index (χ1) is 17.9. The molecule has 0 saturated carbocycles. The van der Waals surface area contributed by atoms with Gasteiger partial charge in [-0.3, -0.25) is 9.59 Å². The Morgan fingerprint density at radius 1 is 1.05 bits per heavy atom. The molecular formula is C31H42N2O4. The van der Waals surface area contributed by atoms with E-state index in [1.807, 2.05) is 60.2 Å². The van der Waals surface area contributed by atoms with E-state index in [0.29, 0.717) is 6.42 Å². The Kier molecular flexibility index (Phi) is 9.12. The lowest BCUT2D eigenvalue weighted by Gasteiger charge is -2.44. The second-order valence-electron chi connectivity index (χ2n) is 10.8. The summed E-state index contributed by atoms with van der Waals surface area (Å²) >= 11 is 0. The van der Waals surface area contributed by atoms with Crippen LogP contribution in [0.5, 0.6) is 11.5 Å². The van der Waals surface area contributed by atoms with E-state index in [1.165, 1.54) is 5.56 Å². The number of para-hydroxylation sites is 2. The minimum atomic E-state index is -0.521. The number of carbonyl (C=O) groups is 2. The molecule has 1 atom stereocenters. The van der Waals surface area contributed by atoms with Gasteiger partial charge < -0.3 is 19.3 Å². The van der Waals surface area contributed by atoms with Gasteiger partial charge in [0.15, 0.2) is 6.10 Å². The lowest BCUT2D eigenvalue weighted by atomic mass is 9.73. The van der Waals surface area contributed by atoms with Crippen LogP contribution in [0.4, 0.5) is 0 Å². The number of fused-ring (bicyclic) bond motifs is 1. The summed E-state index contributed by atoms with van der Waals surface area (Å²) < 4.78 is 11.6. The number of likely N-dealkylation sites (tertiary alicyclic amines) is 1. The molecule has 1 saturated heterocycles. The fraction of sp³-hybridized carbons (Fsp3) is 0.548. The minimum Gasteiger partial charge on any atom is -0.496 e. The Bertz CT molecular complexity index is 1060. The maximum Gasteiger partial charge on any atom is 0.263 e. The molecule has 6 nitrogen and oxygen atoms in total. The summed E-state index contributed by atoms with van der Waals surface area (Å²) in [6.07, 6.45) is 7.81. The molecule has 2 heterocycles. The lowest BCUT2D eigenvalue weighted by Crippen LogP contribution is -2.50. The molecule has 37 heavy (non-hydrogen) atoms. The fourth-order valence-corrected chi connectivity index (χ4v) is 5.99. The molecule has 2 aromatic rings. The first-order valence-electron chi connectivity index (χ1n) is 13.8. The van der Waals surface area contributed by atoms with Gasteiger partial charge in [0.2, 0.25) is 5.91 Å². The topological polar surface area (TPSA) is 59.1 Å². The summed E-state index contributed by atoms with van der Waals surface area (Å²) in [5.41, 5.74) is 2.38. The number of amides is 2. The average molecular weight is 507 g/mol. The van der Waals surface area contributed by atoms with Crippen LogP contribution in [0, 0.1) is 5.41 Å². The number of benzene rings is 2. The van der Waals surface area contributed by atoms with Gasteiger partial charge in [-0.15, -0.1) is 0 Å². The number of rotatable bonds is 5. The van der Waals surface area contributed by atoms with Crippen LogP contribution in [-0.2, 0) is 22.4 Å². The molecule has 6 heteroatoms. The summed E-state index contributed by atoms with van der Waals surface area (Å²) in [4.78, 5) is 30.1. The lowest BCUT2D eigenvalue weighted by molar-refractivity contribution is -0.140. The first kappa shape index (κ1) is 27.0. The molecular weight excluding hydrogens is 464 g/mol. The number of nitrogens with zero attached hydrogens (tertiary/aromatic N) is 2. The average Bonchev–Trinajstić information content (AvgIpc) is 2.91. The van der Waals surface area contributed by atoms with E-state index in [4.69, 9.17) is 9.47 Å². The van der Waals surface area contributed by atoms with Crippen LogP contribution in [0.1, 0.15) is 63.0 Å². The maximum absolute atomic E-state index is 13.2. The van der Waals surface area contributed by atoms with E-state index in [9.17, 15) is 9.59 Å². The van der Waals surface area contributed by atoms with Crippen LogP contribution in [0.3, 0.4) is 0 Å². The van der Waals surface area contributed by atoms with Crippen molar-refractivity contribution in [1.82, 2.24) is 9.80 Å². The van der Waals surface area contributed by atoms with Crippen molar-refractivity contribution in [2.45, 2.75) is 70.8 Å². The zero-order valence-electron chi connectivity index (χ0n) is 22.7. The first-order valence-corrected chi connectivity index (χ1v) is 13.8. The fourth-order valence-electron chi connectivity index (χ4n) is 5.99. The van der Waals surface area contributed by atoms with E-state index in [-0.39, 0.29) is 17.2 Å². The second-order valence-corrected chi connectivity index (χ2v) is 10.8. The molecule has 2 aromatic carbocycles. The highest BCUT2D eigenvalue weighted by Gasteiger charge is 2.38. The molecule has 0 unspecified atom stereocenters. The largest absolute Gasteiger partial charge is 0.496 e. The summed E-state index contributed by atoms with van der Waals surface area (Å²) in [5.74, 6) is 1.97. The van der Waals surface area contributed by atoms with Crippen LogP contribution in [0.25, 0.3) is 0 Å². The molecule has 0 aromatic heterocycles. The zero-order chi connectivity index (χ0) is 26.3. The summed E-state index contributed by atoms with van der Waals surface area (Å²) in [6.45, 7) is 4.10. The zero-order valence-corrected chi connectivity index (χ0v) is 22.7. The van der Waals surface area contributed by atoms with Crippen molar-refractivity contribution >= 4 is 11.8 Å². The Balaban J connectivity index is 1.34. The summed E-state index contributed by atoms with van der Waals surface area (Å²) in [7, 11) is 3.59. The normalized spacial score (nSPS) is 20.4. The number of hydrogen-bond donors (Lipinski definition) is 0. The monoisotopic (exact) mass is 506 g/mol. The number of likely N-dealkylation sites (N-methyl/N-ethyl adjacent to an activating group) is 1. The highest BCUT2D eigenvalue weighted by molar-refractivity contribution is 5.80. The highest BCUT2D eigenvalue weighted by Crippen LogP contribution is 2.38. The number of hydrogen-bond acceptors (Lipinski definition) is 4. The Morgan fingerprint density at radius 3 is 2.57 bits per heavy atom. The SMILES string of the molecule is COc1ccccc1CCCC(=O)N1CCC2(CCCCc3ccccc3O[C@H](C)C(=O)N(C)C2)CC1. The Hall–Kier alpha value is -3.02. The molecule has 0 aliphatic carbocycles. The third-order valence-electron chi connectivity index (χ3n) is 8.18. The molecule has 4 rings (SSSR count). The van der Waals surface area contributed by atoms with Gasteiger partial charge in [-0.1, -0.05) is 42.8 Å². The summed E-state index contributed by atoms with van der Waals surface area (Å²) in [5, 5.41) is 0. The Labute approximate surface area is 221 Å². The maximum atomic E-state index is 13.2. The molecule has 2 amide bonds. The molecule has 2 aliphatic heterocycles. The van der Waals surface area contributed by atoms with Crippen molar-refractivity contribution < 1.29 is 19.1 Å². The van der Waals surface area contributed by atoms with E-state index in [1.54, 1.807) is 7.11 Å². The summed E-state index contributed by atoms with van der Waals surface area (Å²) in [6, 6.07) is 16.1. The molecule has 0 N–H and O–H groups in total. The van der Waals surface area contributed by atoms with Crippen molar-refractivity contribution in [3.63, 3.8) is 0 Å². The van der Waals surface area contributed by atoms with Gasteiger partial charge in [0.1, 0.15) is 11.5 Å². The smallest absolute Gasteiger partial charge is 0.263 e. The number of ether oxygens (including phenoxy) is 2. The van der Waals surface area contributed by atoms with Gasteiger partial charge in [0.05, 0.1) is 7.11 Å². The van der Waals surface area contributed by atoms with Crippen LogP contribution in [-0.4, -0.2) is 61.5 Å². The van der Waals surface area contributed by atoms with Gasteiger partial charge in [-0.2, -0.15) is 0 Å². The van der Waals surface area contributed by atoms with Crippen molar-refractivity contribution in [2.24, 2.45) is 5.41 Å². The predicted octanol–water partition coefficient (Wildman–Crippen LogP) is 5.28. The molecule has 0 radical (unpaired) electrons. The van der Waals surface area contributed by atoms with Gasteiger partial charge in [0, 0.05) is 33.1 Å². The van der Waals surface area contributed by atoms with Gasteiger partial charge in [-0.25, -0.2) is 0 Å². The molecule has 200 valence electrons. The second kappa shape index (κ2) is 12.5. The van der Waals surface area contributed by atoms with Gasteiger partial charge >= 0.3 is 0 Å². The van der Waals surface area contributed by atoms with E-state index in [2.05, 4.69) is 12.1 Å². The third kappa shape index (κ3) is 6.85. The van der Waals surface area contributed by atoms with Crippen LogP contribution >= 0.6 is 0 Å². The standard InChI is InChI=1S/C31H42N2O4/c1-24-30(35)32(2)23-31(18-9-8-13-26-12-5-7-16-28(26)37-24)19-21-33(22-20-31)29(34)17-10-14-25-11-4-6-15-27(25)36-3/h4-7,11-12,15-16,24H,8-10,13-14,17-23H2,1-3H3/t24-/m1/s1. The van der Waals surface area contributed by atoms with Crippen LogP contribution < -0.4 is 9.47 Å². The van der Waals surface area contributed by atoms with E-state index >= 15 is 0 Å². The van der Waals surface area contributed by atoms with Gasteiger partial charge in [0.25, 0.3) is 5.91 Å². The molecule has 1 fully saturated rings. The molecule has 0 bridgehead atoms. The van der Waals surface area contributed by atoms with Gasteiger partial charge in [-0.05, 0) is 80.5 Å². The van der Waals surface area contributed by atoms with Crippen molar-refractivity contribution in [3.8, 4) is 11.5 Å². The minimum absolute atomic E-state index is 0.0181. The van der Waals surface area contributed by atoms with Crippen molar-refractivity contribution in [2.75, 3.05) is 33.8 Å². The van der Waals surface area contributed by atoms with Crippen LogP contribution in [0.2, 0.25) is 0 Å².